The normalized spacial score (nSPS) is 22.0. The van der Waals surface area contributed by atoms with Crippen LogP contribution in [0.15, 0.2) is 17.2 Å². The van der Waals surface area contributed by atoms with Crippen molar-refractivity contribution in [3.63, 3.8) is 0 Å². The highest BCUT2D eigenvalue weighted by molar-refractivity contribution is 7.92. The van der Waals surface area contributed by atoms with Crippen LogP contribution in [0.1, 0.15) is 12.1 Å². The number of nitrogens with one attached hydrogen (secondary N) is 1. The highest BCUT2D eigenvalue weighted by Gasteiger charge is 2.36. The molecule has 1 atom stereocenters. The van der Waals surface area contributed by atoms with Gasteiger partial charge in [0.2, 0.25) is 10.0 Å². The first-order chi connectivity index (χ1) is 9.67. The quantitative estimate of drug-likeness (QED) is 0.787. The van der Waals surface area contributed by atoms with Crippen molar-refractivity contribution in [1.29, 1.82) is 0 Å². The number of sulfone groups is 1. The maximum absolute atomic E-state index is 12.6. The fourth-order valence-corrected chi connectivity index (χ4v) is 5.85. The summed E-state index contributed by atoms with van der Waals surface area (Å²) in [5, 5.41) is 2.98. The molecule has 0 amide bonds. The predicted molar refractivity (Wildman–Crippen MR) is 80.2 cm³/mol. The van der Waals surface area contributed by atoms with Crippen LogP contribution in [-0.2, 0) is 33.5 Å². The molecule has 2 rings (SSSR count). The number of nitrogens with zero attached hydrogens (tertiary/aromatic N) is 2. The Bertz CT molecular complexity index is 722. The third kappa shape index (κ3) is 3.31. The van der Waals surface area contributed by atoms with E-state index in [1.807, 2.05) is 0 Å². The second-order valence-electron chi connectivity index (χ2n) is 5.39. The van der Waals surface area contributed by atoms with Gasteiger partial charge in [0.15, 0.2) is 9.84 Å². The molecule has 0 bridgehead atoms. The summed E-state index contributed by atoms with van der Waals surface area (Å²) in [6.07, 6.45) is 1.91. The first-order valence-corrected chi connectivity index (χ1v) is 9.92. The van der Waals surface area contributed by atoms with Gasteiger partial charge in [-0.1, -0.05) is 0 Å². The first kappa shape index (κ1) is 16.5. The van der Waals surface area contributed by atoms with Gasteiger partial charge >= 0.3 is 0 Å². The van der Waals surface area contributed by atoms with E-state index in [-0.39, 0.29) is 16.4 Å². The van der Waals surface area contributed by atoms with Crippen LogP contribution in [0.5, 0.6) is 0 Å². The van der Waals surface area contributed by atoms with Crippen LogP contribution in [0.4, 0.5) is 0 Å². The van der Waals surface area contributed by atoms with Gasteiger partial charge < -0.3 is 9.88 Å². The number of sulfonamides is 1. The minimum Gasteiger partial charge on any atom is -0.352 e. The molecule has 1 saturated heterocycles. The molecule has 1 aliphatic rings. The van der Waals surface area contributed by atoms with Crippen LogP contribution in [0, 0.1) is 0 Å². The third-order valence-electron chi connectivity index (χ3n) is 3.84. The van der Waals surface area contributed by atoms with E-state index in [1.54, 1.807) is 30.9 Å². The second kappa shape index (κ2) is 5.71. The van der Waals surface area contributed by atoms with E-state index >= 15 is 0 Å². The van der Waals surface area contributed by atoms with Crippen molar-refractivity contribution >= 4 is 19.9 Å². The Hall–Kier alpha value is -0.900. The zero-order valence-corrected chi connectivity index (χ0v) is 14.0. The van der Waals surface area contributed by atoms with Crippen molar-refractivity contribution in [3.05, 3.63) is 18.0 Å². The lowest BCUT2D eigenvalue weighted by atomic mass is 10.3. The highest BCUT2D eigenvalue weighted by atomic mass is 32.2. The first-order valence-electron chi connectivity index (χ1n) is 6.65. The Morgan fingerprint density at radius 1 is 1.48 bits per heavy atom. The summed E-state index contributed by atoms with van der Waals surface area (Å²) in [4.78, 5) is 0.196. The smallest absolute Gasteiger partial charge is 0.244 e. The molecule has 2 heterocycles. The Labute approximate surface area is 125 Å². The van der Waals surface area contributed by atoms with Crippen molar-refractivity contribution in [1.82, 2.24) is 14.2 Å². The molecule has 1 N–H and O–H groups in total. The number of hydrogen-bond acceptors (Lipinski definition) is 5. The minimum absolute atomic E-state index is 0.0529. The van der Waals surface area contributed by atoms with Gasteiger partial charge in [-0.25, -0.2) is 16.8 Å². The van der Waals surface area contributed by atoms with E-state index in [2.05, 4.69) is 5.32 Å². The molecular formula is C12H21N3O4S2. The molecule has 1 unspecified atom stereocenters. The van der Waals surface area contributed by atoms with Gasteiger partial charge in [0.25, 0.3) is 0 Å². The molecule has 1 aromatic rings. The van der Waals surface area contributed by atoms with Crippen LogP contribution >= 0.6 is 0 Å². The average molecular weight is 335 g/mol. The summed E-state index contributed by atoms with van der Waals surface area (Å²) in [5.41, 5.74) is 0.850. The van der Waals surface area contributed by atoms with Crippen LogP contribution in [0.2, 0.25) is 0 Å². The second-order valence-corrected chi connectivity index (χ2v) is 9.61. The molecule has 9 heteroatoms. The minimum atomic E-state index is -3.67. The lowest BCUT2D eigenvalue weighted by Gasteiger charge is -2.22. The van der Waals surface area contributed by atoms with Gasteiger partial charge in [0.05, 0.1) is 11.5 Å². The van der Waals surface area contributed by atoms with E-state index < -0.39 is 25.9 Å². The lowest BCUT2D eigenvalue weighted by Crippen LogP contribution is -2.37. The third-order valence-corrected chi connectivity index (χ3v) is 7.47. The largest absolute Gasteiger partial charge is 0.352 e. The molecule has 0 aliphatic carbocycles. The Kier molecular flexibility index (Phi) is 4.48. The lowest BCUT2D eigenvalue weighted by molar-refractivity contribution is 0.394. The summed E-state index contributed by atoms with van der Waals surface area (Å²) in [5.74, 6) is -0.0454. The highest BCUT2D eigenvalue weighted by Crippen LogP contribution is 2.24. The van der Waals surface area contributed by atoms with Crippen molar-refractivity contribution in [2.45, 2.75) is 23.9 Å². The molecule has 1 aliphatic heterocycles. The van der Waals surface area contributed by atoms with Gasteiger partial charge in [-0.2, -0.15) is 4.31 Å². The Balaban J connectivity index is 2.27. The number of rotatable bonds is 5. The Morgan fingerprint density at radius 2 is 2.14 bits per heavy atom. The molecule has 0 radical (unpaired) electrons. The monoisotopic (exact) mass is 335 g/mol. The van der Waals surface area contributed by atoms with E-state index in [0.717, 1.165) is 5.69 Å². The molecule has 1 aromatic heterocycles. The molecule has 1 fully saturated rings. The zero-order valence-electron chi connectivity index (χ0n) is 12.4. The number of aryl methyl sites for hydroxylation is 1. The van der Waals surface area contributed by atoms with Crippen molar-refractivity contribution in [3.8, 4) is 0 Å². The summed E-state index contributed by atoms with van der Waals surface area (Å²) < 4.78 is 51.2. The van der Waals surface area contributed by atoms with Crippen molar-refractivity contribution in [2.24, 2.45) is 7.05 Å². The van der Waals surface area contributed by atoms with E-state index in [4.69, 9.17) is 0 Å². The molecule has 7 nitrogen and oxygen atoms in total. The summed E-state index contributed by atoms with van der Waals surface area (Å²) >= 11 is 0. The number of hydrogen-bond donors (Lipinski definition) is 1. The Morgan fingerprint density at radius 3 is 2.67 bits per heavy atom. The van der Waals surface area contributed by atoms with Gasteiger partial charge in [-0.15, -0.1) is 0 Å². The summed E-state index contributed by atoms with van der Waals surface area (Å²) in [6.45, 7) is 0.563. The molecule has 0 saturated carbocycles. The topological polar surface area (TPSA) is 88.5 Å². The van der Waals surface area contributed by atoms with E-state index in [0.29, 0.717) is 13.0 Å². The van der Waals surface area contributed by atoms with Gasteiger partial charge in [0.1, 0.15) is 4.90 Å². The maximum Gasteiger partial charge on any atom is 0.244 e. The molecule has 0 spiro atoms. The van der Waals surface area contributed by atoms with Crippen LogP contribution in [0.3, 0.4) is 0 Å². The molecule has 21 heavy (non-hydrogen) atoms. The molecule has 0 aromatic carbocycles. The fraction of sp³-hybridized carbons (Fsp3) is 0.667. The maximum atomic E-state index is 12.6. The van der Waals surface area contributed by atoms with Crippen LogP contribution in [0.25, 0.3) is 0 Å². The number of aromatic nitrogens is 1. The van der Waals surface area contributed by atoms with E-state index in [1.165, 1.54) is 11.4 Å². The van der Waals surface area contributed by atoms with Crippen LogP contribution in [-0.4, -0.2) is 57.4 Å². The SMILES string of the molecule is CNCc1cc(S(=O)(=O)N(C)C2CCS(=O)(=O)C2)cn1C. The van der Waals surface area contributed by atoms with Gasteiger partial charge in [-0.05, 0) is 19.5 Å². The van der Waals surface area contributed by atoms with Crippen molar-refractivity contribution < 1.29 is 16.8 Å². The summed E-state index contributed by atoms with van der Waals surface area (Å²) in [6, 6.07) is 1.14. The fourth-order valence-electron chi connectivity index (χ4n) is 2.50. The van der Waals surface area contributed by atoms with Crippen molar-refractivity contribution in [2.75, 3.05) is 25.6 Å². The van der Waals surface area contributed by atoms with E-state index in [9.17, 15) is 16.8 Å². The zero-order chi connectivity index (χ0) is 15.8. The summed E-state index contributed by atoms with van der Waals surface area (Å²) in [7, 11) is -1.77. The standard InChI is InChI=1S/C12H21N3O4S2/c1-13-7-11-6-12(8-14(11)2)21(18,19)15(3)10-4-5-20(16,17)9-10/h6,8,10,13H,4-5,7,9H2,1-3H3. The van der Waals surface area contributed by atoms with Crippen LogP contribution < -0.4 is 5.32 Å². The predicted octanol–water partition coefficient (Wildman–Crippen LogP) is -0.448. The molecule has 120 valence electrons. The van der Waals surface area contributed by atoms with Gasteiger partial charge in [-0.3, -0.25) is 0 Å². The van der Waals surface area contributed by atoms with Gasteiger partial charge in [0, 0.05) is 38.6 Å². The molecular weight excluding hydrogens is 314 g/mol. The average Bonchev–Trinajstić information content (AvgIpc) is 2.93.